The third-order valence-corrected chi connectivity index (χ3v) is 3.98. The smallest absolute Gasteiger partial charge is 0.224 e. The van der Waals surface area contributed by atoms with Crippen LogP contribution in [0.1, 0.15) is 25.7 Å². The molecule has 106 valence electrons. The molecule has 0 heterocycles. The Hall–Kier alpha value is -0.650. The summed E-state index contributed by atoms with van der Waals surface area (Å²) in [5.74, 6) is -0.129. The predicted octanol–water partition coefficient (Wildman–Crippen LogP) is 3.47. The molecule has 2 atom stereocenters. The van der Waals surface area contributed by atoms with Gasteiger partial charge in [-0.2, -0.15) is 0 Å². The Bertz CT molecular complexity index is 458. The number of rotatable bonds is 3. The molecule has 1 amide bonds. The van der Waals surface area contributed by atoms with Crippen molar-refractivity contribution >= 4 is 39.9 Å². The van der Waals surface area contributed by atoms with Crippen LogP contribution < -0.4 is 11.1 Å². The van der Waals surface area contributed by atoms with Crippen LogP contribution in [0.25, 0.3) is 0 Å². The van der Waals surface area contributed by atoms with Crippen molar-refractivity contribution in [1.82, 2.24) is 0 Å². The lowest BCUT2D eigenvalue weighted by molar-refractivity contribution is -0.117. The lowest BCUT2D eigenvalue weighted by Gasteiger charge is -2.14. The minimum atomic E-state index is -0.342. The molecule has 1 saturated carbocycles. The number of anilines is 1. The highest BCUT2D eigenvalue weighted by Crippen LogP contribution is 2.27. The van der Waals surface area contributed by atoms with Gasteiger partial charge in [0.1, 0.15) is 5.82 Å². The van der Waals surface area contributed by atoms with Gasteiger partial charge in [-0.15, -0.1) is 12.4 Å². The molecule has 0 bridgehead atoms. The summed E-state index contributed by atoms with van der Waals surface area (Å²) in [4.78, 5) is 11.8. The quantitative estimate of drug-likeness (QED) is 0.876. The summed E-state index contributed by atoms with van der Waals surface area (Å²) in [6, 6.07) is 4.56. The number of nitrogens with two attached hydrogens (primary N) is 1. The van der Waals surface area contributed by atoms with Gasteiger partial charge in [0.15, 0.2) is 0 Å². The zero-order valence-corrected chi connectivity index (χ0v) is 12.8. The minimum Gasteiger partial charge on any atom is -0.327 e. The largest absolute Gasteiger partial charge is 0.327 e. The molecule has 0 saturated heterocycles. The summed E-state index contributed by atoms with van der Waals surface area (Å²) in [5.41, 5.74) is 6.52. The average Bonchev–Trinajstić information content (AvgIpc) is 2.70. The van der Waals surface area contributed by atoms with Gasteiger partial charge in [-0.1, -0.05) is 6.42 Å². The van der Waals surface area contributed by atoms with Gasteiger partial charge in [-0.05, 0) is 52.9 Å². The SMILES string of the molecule is Cl.N[C@@H]1CCC[C@H]1CC(=O)Nc1ccc(F)c(Br)c1. The predicted molar refractivity (Wildman–Crippen MR) is 79.9 cm³/mol. The lowest BCUT2D eigenvalue weighted by atomic mass is 10.00. The molecular formula is C13H17BrClFN2O. The van der Waals surface area contributed by atoms with E-state index in [4.69, 9.17) is 5.73 Å². The Labute approximate surface area is 126 Å². The van der Waals surface area contributed by atoms with E-state index in [-0.39, 0.29) is 36.1 Å². The molecular weight excluding hydrogens is 335 g/mol. The van der Waals surface area contributed by atoms with Gasteiger partial charge in [0, 0.05) is 18.2 Å². The molecule has 1 aromatic carbocycles. The standard InChI is InChI=1S/C13H16BrFN2O.ClH/c14-10-7-9(4-5-11(10)15)17-13(18)6-8-2-1-3-12(8)16;/h4-5,7-8,12H,1-3,6,16H2,(H,17,18);1H/t8-,12+;/m0./s1. The first-order valence-corrected chi connectivity index (χ1v) is 6.86. The summed E-state index contributed by atoms with van der Waals surface area (Å²) in [5, 5.41) is 2.77. The molecule has 0 spiro atoms. The highest BCUT2D eigenvalue weighted by atomic mass is 79.9. The molecule has 1 aliphatic rings. The van der Waals surface area contributed by atoms with E-state index in [1.165, 1.54) is 6.07 Å². The summed E-state index contributed by atoms with van der Waals surface area (Å²) >= 11 is 3.09. The monoisotopic (exact) mass is 350 g/mol. The van der Waals surface area contributed by atoms with Crippen LogP contribution >= 0.6 is 28.3 Å². The number of amides is 1. The molecule has 3 N–H and O–H groups in total. The molecule has 2 rings (SSSR count). The van der Waals surface area contributed by atoms with E-state index in [1.54, 1.807) is 12.1 Å². The summed E-state index contributed by atoms with van der Waals surface area (Å²) in [6.07, 6.45) is 3.55. The Kier molecular flexibility index (Phi) is 6.23. The van der Waals surface area contributed by atoms with Crippen molar-refractivity contribution in [3.05, 3.63) is 28.5 Å². The fourth-order valence-corrected chi connectivity index (χ4v) is 2.72. The number of nitrogens with one attached hydrogen (secondary N) is 1. The molecule has 3 nitrogen and oxygen atoms in total. The van der Waals surface area contributed by atoms with Crippen LogP contribution in [0.4, 0.5) is 10.1 Å². The highest BCUT2D eigenvalue weighted by molar-refractivity contribution is 9.10. The van der Waals surface area contributed by atoms with Gasteiger partial charge in [-0.25, -0.2) is 4.39 Å². The third-order valence-electron chi connectivity index (χ3n) is 3.37. The van der Waals surface area contributed by atoms with Crippen LogP contribution in [0, 0.1) is 11.7 Å². The Morgan fingerprint density at radius 1 is 1.47 bits per heavy atom. The Balaban J connectivity index is 0.00000180. The maximum absolute atomic E-state index is 13.0. The van der Waals surface area contributed by atoms with Crippen molar-refractivity contribution in [1.29, 1.82) is 0 Å². The van der Waals surface area contributed by atoms with Crippen LogP contribution in [-0.2, 0) is 4.79 Å². The number of halogens is 3. The Morgan fingerprint density at radius 3 is 2.79 bits per heavy atom. The first-order valence-electron chi connectivity index (χ1n) is 6.07. The number of carbonyl (C=O) groups is 1. The van der Waals surface area contributed by atoms with E-state index in [0.29, 0.717) is 16.6 Å². The molecule has 6 heteroatoms. The van der Waals surface area contributed by atoms with Gasteiger partial charge in [0.2, 0.25) is 5.91 Å². The maximum atomic E-state index is 13.0. The molecule has 0 unspecified atom stereocenters. The first-order chi connectivity index (χ1) is 8.56. The van der Waals surface area contributed by atoms with Crippen molar-refractivity contribution in [2.45, 2.75) is 31.7 Å². The number of hydrogen-bond acceptors (Lipinski definition) is 2. The van der Waals surface area contributed by atoms with Crippen LogP contribution in [0.2, 0.25) is 0 Å². The Morgan fingerprint density at radius 2 is 2.21 bits per heavy atom. The number of hydrogen-bond donors (Lipinski definition) is 2. The van der Waals surface area contributed by atoms with Gasteiger partial charge in [0.25, 0.3) is 0 Å². The second kappa shape index (κ2) is 7.22. The van der Waals surface area contributed by atoms with Gasteiger partial charge >= 0.3 is 0 Å². The second-order valence-corrected chi connectivity index (χ2v) is 5.59. The molecule has 1 aliphatic carbocycles. The molecule has 1 fully saturated rings. The summed E-state index contributed by atoms with van der Waals surface area (Å²) < 4.78 is 13.4. The maximum Gasteiger partial charge on any atom is 0.224 e. The molecule has 0 aromatic heterocycles. The number of carbonyl (C=O) groups excluding carboxylic acids is 1. The molecule has 0 radical (unpaired) electrons. The van der Waals surface area contributed by atoms with E-state index in [2.05, 4.69) is 21.2 Å². The first kappa shape index (κ1) is 16.4. The van der Waals surface area contributed by atoms with Gasteiger partial charge < -0.3 is 11.1 Å². The second-order valence-electron chi connectivity index (χ2n) is 4.74. The normalized spacial score (nSPS) is 21.8. The van der Waals surface area contributed by atoms with Crippen molar-refractivity contribution in [2.24, 2.45) is 11.7 Å². The van der Waals surface area contributed by atoms with E-state index in [0.717, 1.165) is 19.3 Å². The lowest BCUT2D eigenvalue weighted by Crippen LogP contribution is -2.28. The van der Waals surface area contributed by atoms with Crippen LogP contribution in [0.5, 0.6) is 0 Å². The summed E-state index contributed by atoms with van der Waals surface area (Å²) in [7, 11) is 0. The van der Waals surface area contributed by atoms with Gasteiger partial charge in [0.05, 0.1) is 4.47 Å². The topological polar surface area (TPSA) is 55.1 Å². The molecule has 19 heavy (non-hydrogen) atoms. The van der Waals surface area contributed by atoms with E-state index in [9.17, 15) is 9.18 Å². The summed E-state index contributed by atoms with van der Waals surface area (Å²) in [6.45, 7) is 0. The van der Waals surface area contributed by atoms with E-state index < -0.39 is 0 Å². The zero-order valence-electron chi connectivity index (χ0n) is 10.4. The third kappa shape index (κ3) is 4.44. The average molecular weight is 352 g/mol. The number of benzene rings is 1. The van der Waals surface area contributed by atoms with Crippen LogP contribution in [-0.4, -0.2) is 11.9 Å². The van der Waals surface area contributed by atoms with Crippen molar-refractivity contribution in [3.8, 4) is 0 Å². The van der Waals surface area contributed by atoms with Crippen LogP contribution in [0.15, 0.2) is 22.7 Å². The fraction of sp³-hybridized carbons (Fsp3) is 0.462. The van der Waals surface area contributed by atoms with Crippen molar-refractivity contribution in [3.63, 3.8) is 0 Å². The van der Waals surface area contributed by atoms with E-state index in [1.807, 2.05) is 0 Å². The van der Waals surface area contributed by atoms with Crippen molar-refractivity contribution in [2.75, 3.05) is 5.32 Å². The molecule has 1 aromatic rings. The van der Waals surface area contributed by atoms with Crippen LogP contribution in [0.3, 0.4) is 0 Å². The zero-order chi connectivity index (χ0) is 13.1. The molecule has 0 aliphatic heterocycles. The fourth-order valence-electron chi connectivity index (χ4n) is 2.34. The van der Waals surface area contributed by atoms with Gasteiger partial charge in [-0.3, -0.25) is 4.79 Å². The minimum absolute atomic E-state index is 0. The van der Waals surface area contributed by atoms with E-state index >= 15 is 0 Å². The van der Waals surface area contributed by atoms with Crippen molar-refractivity contribution < 1.29 is 9.18 Å². The highest BCUT2D eigenvalue weighted by Gasteiger charge is 2.25.